The molecule has 1 aromatic rings. The molecule has 1 saturated heterocycles. The normalized spacial score (nSPS) is 21.4. The van der Waals surface area contributed by atoms with Crippen LogP contribution in [-0.2, 0) is 4.84 Å². The largest absolute Gasteiger partial charge is 0.351 e. The monoisotopic (exact) mass is 417 g/mol. The maximum absolute atomic E-state index is 6.20. The molecule has 1 atom stereocenters. The lowest BCUT2D eigenvalue weighted by Crippen LogP contribution is -2.62. The standard InChI is InChI=1S/C19H33Cl2N5O/c1-8-9-14(22-17-24-15(20)23-16(21)25-17)13-10-18(4,5)26(27-12(2)3)19(6,7)11-13/h12-14H,8-11H2,1-7H3,(H,22,23,24,25). The van der Waals surface area contributed by atoms with Crippen molar-refractivity contribution in [2.45, 2.75) is 97.4 Å². The third-order valence-corrected chi connectivity index (χ3v) is 5.34. The third-order valence-electron chi connectivity index (χ3n) is 5.00. The average molecular weight is 418 g/mol. The molecule has 0 bridgehead atoms. The van der Waals surface area contributed by atoms with Crippen molar-refractivity contribution in [3.8, 4) is 0 Å². The number of hydroxylamine groups is 2. The van der Waals surface area contributed by atoms with E-state index in [1.165, 1.54) is 0 Å². The minimum Gasteiger partial charge on any atom is -0.351 e. The summed E-state index contributed by atoms with van der Waals surface area (Å²) in [6, 6.07) is 0.226. The highest BCUT2D eigenvalue weighted by Crippen LogP contribution is 2.44. The molecule has 1 aliphatic heterocycles. The Morgan fingerprint density at radius 3 is 2.04 bits per heavy atom. The molecular formula is C19H33Cl2N5O. The van der Waals surface area contributed by atoms with Gasteiger partial charge in [-0.25, -0.2) is 0 Å². The second-order valence-electron chi connectivity index (χ2n) is 8.98. The van der Waals surface area contributed by atoms with Gasteiger partial charge in [-0.3, -0.25) is 4.84 Å². The number of halogens is 2. The Hall–Kier alpha value is -0.690. The van der Waals surface area contributed by atoms with Crippen LogP contribution in [0.5, 0.6) is 0 Å². The van der Waals surface area contributed by atoms with Gasteiger partial charge in [0.2, 0.25) is 16.5 Å². The van der Waals surface area contributed by atoms with Gasteiger partial charge in [-0.1, -0.05) is 13.3 Å². The van der Waals surface area contributed by atoms with Gasteiger partial charge in [0.25, 0.3) is 0 Å². The lowest BCUT2D eigenvalue weighted by Gasteiger charge is -2.55. The van der Waals surface area contributed by atoms with Crippen LogP contribution in [0.2, 0.25) is 10.6 Å². The molecule has 0 amide bonds. The highest BCUT2D eigenvalue weighted by Gasteiger charge is 2.48. The first-order chi connectivity index (χ1) is 12.4. The van der Waals surface area contributed by atoms with Crippen molar-refractivity contribution in [3.63, 3.8) is 0 Å². The van der Waals surface area contributed by atoms with Crippen LogP contribution in [0.1, 0.15) is 74.1 Å². The molecule has 1 fully saturated rings. The Kier molecular flexibility index (Phi) is 7.34. The topological polar surface area (TPSA) is 63.2 Å². The predicted molar refractivity (Wildman–Crippen MR) is 111 cm³/mol. The number of anilines is 1. The van der Waals surface area contributed by atoms with Gasteiger partial charge in [0, 0.05) is 17.1 Å². The number of nitrogens with one attached hydrogen (secondary N) is 1. The highest BCUT2D eigenvalue weighted by atomic mass is 35.5. The quantitative estimate of drug-likeness (QED) is 0.643. The van der Waals surface area contributed by atoms with Crippen LogP contribution >= 0.6 is 23.2 Å². The zero-order chi connectivity index (χ0) is 20.4. The molecule has 2 heterocycles. The van der Waals surface area contributed by atoms with Crippen LogP contribution in [0, 0.1) is 5.92 Å². The fourth-order valence-corrected chi connectivity index (χ4v) is 4.78. The van der Waals surface area contributed by atoms with Gasteiger partial charge in [-0.2, -0.15) is 20.0 Å². The summed E-state index contributed by atoms with van der Waals surface area (Å²) in [6.07, 6.45) is 4.25. The summed E-state index contributed by atoms with van der Waals surface area (Å²) in [5.41, 5.74) is -0.169. The van der Waals surface area contributed by atoms with Crippen molar-refractivity contribution in [2.24, 2.45) is 5.92 Å². The zero-order valence-electron chi connectivity index (χ0n) is 17.5. The van der Waals surface area contributed by atoms with Crippen LogP contribution in [0.25, 0.3) is 0 Å². The molecule has 0 saturated carbocycles. The van der Waals surface area contributed by atoms with Gasteiger partial charge >= 0.3 is 0 Å². The van der Waals surface area contributed by atoms with Gasteiger partial charge in [0.05, 0.1) is 6.10 Å². The summed E-state index contributed by atoms with van der Waals surface area (Å²) in [7, 11) is 0. The van der Waals surface area contributed by atoms with E-state index in [-0.39, 0.29) is 33.8 Å². The summed E-state index contributed by atoms with van der Waals surface area (Å²) in [6.45, 7) is 15.4. The van der Waals surface area contributed by atoms with Crippen LogP contribution < -0.4 is 5.32 Å². The molecule has 1 N–H and O–H groups in total. The Bertz CT molecular complexity index is 600. The van der Waals surface area contributed by atoms with Crippen LogP contribution in [0.15, 0.2) is 0 Å². The maximum atomic E-state index is 6.20. The van der Waals surface area contributed by atoms with Crippen molar-refractivity contribution in [1.82, 2.24) is 20.0 Å². The Morgan fingerprint density at radius 1 is 1.07 bits per heavy atom. The zero-order valence-corrected chi connectivity index (χ0v) is 19.0. The molecular weight excluding hydrogens is 385 g/mol. The molecule has 1 aliphatic rings. The summed E-state index contributed by atoms with van der Waals surface area (Å²) >= 11 is 11.9. The minimum atomic E-state index is -0.0846. The van der Waals surface area contributed by atoms with Gasteiger partial charge in [-0.05, 0) is 89.9 Å². The van der Waals surface area contributed by atoms with E-state index in [1.807, 2.05) is 0 Å². The van der Waals surface area contributed by atoms with Gasteiger partial charge in [0.15, 0.2) is 0 Å². The molecule has 0 aromatic carbocycles. The lowest BCUT2D eigenvalue weighted by atomic mass is 9.71. The summed E-state index contributed by atoms with van der Waals surface area (Å²) < 4.78 is 0. The van der Waals surface area contributed by atoms with E-state index in [0.29, 0.717) is 11.9 Å². The summed E-state index contributed by atoms with van der Waals surface area (Å²) in [5.74, 6) is 0.881. The molecule has 1 unspecified atom stereocenters. The first-order valence-corrected chi connectivity index (χ1v) is 10.5. The van der Waals surface area contributed by atoms with Gasteiger partial charge in [0.1, 0.15) is 0 Å². The molecule has 0 radical (unpaired) electrons. The Morgan fingerprint density at radius 2 is 1.59 bits per heavy atom. The van der Waals surface area contributed by atoms with Crippen LogP contribution in [0.4, 0.5) is 5.95 Å². The Balaban J connectivity index is 2.24. The van der Waals surface area contributed by atoms with Crippen molar-refractivity contribution in [1.29, 1.82) is 0 Å². The predicted octanol–water partition coefficient (Wildman–Crippen LogP) is 5.37. The number of aromatic nitrogens is 3. The van der Waals surface area contributed by atoms with E-state index >= 15 is 0 Å². The van der Waals surface area contributed by atoms with Crippen molar-refractivity contribution < 1.29 is 4.84 Å². The molecule has 0 spiro atoms. The molecule has 0 aliphatic carbocycles. The number of hydrogen-bond acceptors (Lipinski definition) is 6. The molecule has 1 aromatic heterocycles. The number of piperidine rings is 1. The Labute approximate surface area is 173 Å². The second kappa shape index (κ2) is 8.76. The number of nitrogens with zero attached hydrogens (tertiary/aromatic N) is 4. The van der Waals surface area contributed by atoms with Crippen molar-refractivity contribution in [2.75, 3.05) is 5.32 Å². The van der Waals surface area contributed by atoms with E-state index in [4.69, 9.17) is 28.0 Å². The van der Waals surface area contributed by atoms with Crippen molar-refractivity contribution in [3.05, 3.63) is 10.6 Å². The molecule has 8 heteroatoms. The number of hydrogen-bond donors (Lipinski definition) is 1. The van der Waals surface area contributed by atoms with E-state index < -0.39 is 0 Å². The van der Waals surface area contributed by atoms with Gasteiger partial charge in [-0.15, -0.1) is 0 Å². The minimum absolute atomic E-state index is 0.0846. The maximum Gasteiger partial charge on any atom is 0.228 e. The van der Waals surface area contributed by atoms with Crippen molar-refractivity contribution >= 4 is 29.2 Å². The SMILES string of the molecule is CCCC(Nc1nc(Cl)nc(Cl)n1)C1CC(C)(C)N(OC(C)C)C(C)(C)C1. The molecule has 154 valence electrons. The van der Waals surface area contributed by atoms with Crippen LogP contribution in [0.3, 0.4) is 0 Å². The summed E-state index contributed by atoms with van der Waals surface area (Å²) in [4.78, 5) is 18.4. The molecule has 27 heavy (non-hydrogen) atoms. The van der Waals surface area contributed by atoms with E-state index in [0.717, 1.165) is 25.7 Å². The highest BCUT2D eigenvalue weighted by molar-refractivity contribution is 6.31. The van der Waals surface area contributed by atoms with Crippen LogP contribution in [-0.4, -0.2) is 43.2 Å². The summed E-state index contributed by atoms with van der Waals surface area (Å²) in [5, 5.41) is 5.88. The first-order valence-electron chi connectivity index (χ1n) is 9.75. The van der Waals surface area contributed by atoms with E-state index in [9.17, 15) is 0 Å². The average Bonchev–Trinajstić information content (AvgIpc) is 2.48. The molecule has 6 nitrogen and oxygen atoms in total. The van der Waals surface area contributed by atoms with E-state index in [2.05, 4.69) is 73.8 Å². The first kappa shape index (κ1) is 22.6. The van der Waals surface area contributed by atoms with E-state index in [1.54, 1.807) is 0 Å². The smallest absolute Gasteiger partial charge is 0.228 e. The fourth-order valence-electron chi connectivity index (χ4n) is 4.41. The third kappa shape index (κ3) is 5.89. The lowest BCUT2D eigenvalue weighted by molar-refractivity contribution is -0.305. The second-order valence-corrected chi connectivity index (χ2v) is 9.65. The fraction of sp³-hybridized carbons (Fsp3) is 0.842. The van der Waals surface area contributed by atoms with Gasteiger partial charge < -0.3 is 5.32 Å². The number of rotatable bonds is 7. The molecule has 2 rings (SSSR count).